The second-order valence-electron chi connectivity index (χ2n) is 6.03. The second kappa shape index (κ2) is 5.43. The molecule has 0 spiro atoms. The van der Waals surface area contributed by atoms with E-state index in [1.54, 1.807) is 0 Å². The number of rotatable bonds is 3. The first-order valence-electron chi connectivity index (χ1n) is 6.83. The molecule has 2 rings (SSSR count). The number of morpholine rings is 1. The number of Topliss-reactive ketones (excluding diaryl/α,β-unsaturated/α-hetero) is 1. The van der Waals surface area contributed by atoms with E-state index in [-0.39, 0.29) is 11.3 Å². The number of nitrogens with zero attached hydrogens (tertiary/aromatic N) is 1. The van der Waals surface area contributed by atoms with Gasteiger partial charge in [0.2, 0.25) is 0 Å². The van der Waals surface area contributed by atoms with Gasteiger partial charge in [-0.3, -0.25) is 9.69 Å². The van der Waals surface area contributed by atoms with Gasteiger partial charge in [0.05, 0.1) is 19.8 Å². The third-order valence-corrected chi connectivity index (χ3v) is 3.83. The van der Waals surface area contributed by atoms with E-state index >= 15 is 0 Å². The van der Waals surface area contributed by atoms with Crippen molar-refractivity contribution in [3.8, 4) is 0 Å². The Morgan fingerprint density at radius 3 is 2.74 bits per heavy atom. The van der Waals surface area contributed by atoms with Gasteiger partial charge in [-0.05, 0) is 33.3 Å². The molecular formula is C16H23NO2. The molecule has 1 aliphatic rings. The Labute approximate surface area is 115 Å². The van der Waals surface area contributed by atoms with Crippen LogP contribution in [0.3, 0.4) is 0 Å². The van der Waals surface area contributed by atoms with Crippen molar-refractivity contribution in [1.29, 1.82) is 0 Å². The molecule has 3 nitrogen and oxygen atoms in total. The van der Waals surface area contributed by atoms with Crippen LogP contribution in [0, 0.1) is 13.8 Å². The molecule has 0 aromatic heterocycles. The number of hydrogen-bond acceptors (Lipinski definition) is 3. The lowest BCUT2D eigenvalue weighted by Gasteiger charge is -2.41. The Bertz CT molecular complexity index is 480. The molecule has 0 radical (unpaired) electrons. The quantitative estimate of drug-likeness (QED) is 0.783. The van der Waals surface area contributed by atoms with E-state index in [0.717, 1.165) is 17.7 Å². The van der Waals surface area contributed by atoms with Gasteiger partial charge in [-0.1, -0.05) is 23.8 Å². The molecule has 0 N–H and O–H groups in total. The molecule has 1 aromatic carbocycles. The fourth-order valence-electron chi connectivity index (χ4n) is 2.57. The molecule has 0 aliphatic carbocycles. The number of aryl methyl sites for hydroxylation is 2. The Morgan fingerprint density at radius 2 is 2.11 bits per heavy atom. The van der Waals surface area contributed by atoms with Crippen LogP contribution in [0.1, 0.15) is 35.3 Å². The molecule has 1 saturated heterocycles. The van der Waals surface area contributed by atoms with Gasteiger partial charge in [-0.2, -0.15) is 0 Å². The Kier molecular flexibility index (Phi) is 4.07. The van der Waals surface area contributed by atoms with Crippen molar-refractivity contribution in [2.24, 2.45) is 0 Å². The number of benzene rings is 1. The highest BCUT2D eigenvalue weighted by Crippen LogP contribution is 2.20. The SMILES string of the molecule is Cc1ccc(C(=O)CN2CCOCC2(C)C)c(C)c1. The zero-order chi connectivity index (χ0) is 14.0. The van der Waals surface area contributed by atoms with Gasteiger partial charge in [-0.25, -0.2) is 0 Å². The maximum absolute atomic E-state index is 12.5. The number of hydrogen-bond donors (Lipinski definition) is 0. The van der Waals surface area contributed by atoms with Gasteiger partial charge >= 0.3 is 0 Å². The first-order valence-corrected chi connectivity index (χ1v) is 6.83. The standard InChI is InChI=1S/C16H23NO2/c1-12-5-6-14(13(2)9-12)15(18)10-17-7-8-19-11-16(17,3)4/h5-6,9H,7-8,10-11H2,1-4H3. The van der Waals surface area contributed by atoms with Crippen molar-refractivity contribution in [2.45, 2.75) is 33.2 Å². The van der Waals surface area contributed by atoms with E-state index in [1.165, 1.54) is 5.56 Å². The van der Waals surface area contributed by atoms with Crippen molar-refractivity contribution in [3.63, 3.8) is 0 Å². The van der Waals surface area contributed by atoms with E-state index < -0.39 is 0 Å². The predicted molar refractivity (Wildman–Crippen MR) is 76.7 cm³/mol. The summed E-state index contributed by atoms with van der Waals surface area (Å²) < 4.78 is 5.49. The average molecular weight is 261 g/mol. The molecule has 0 atom stereocenters. The molecule has 1 heterocycles. The summed E-state index contributed by atoms with van der Waals surface area (Å²) in [4.78, 5) is 14.7. The van der Waals surface area contributed by atoms with E-state index in [2.05, 4.69) is 24.8 Å². The zero-order valence-electron chi connectivity index (χ0n) is 12.3. The van der Waals surface area contributed by atoms with Crippen molar-refractivity contribution in [3.05, 3.63) is 34.9 Å². The summed E-state index contributed by atoms with van der Waals surface area (Å²) in [6, 6.07) is 6.02. The summed E-state index contributed by atoms with van der Waals surface area (Å²) in [6.07, 6.45) is 0. The smallest absolute Gasteiger partial charge is 0.177 e. The Balaban J connectivity index is 2.12. The summed E-state index contributed by atoms with van der Waals surface area (Å²) in [6.45, 7) is 11.0. The van der Waals surface area contributed by atoms with Crippen molar-refractivity contribution in [2.75, 3.05) is 26.3 Å². The molecule has 1 aromatic rings. The first-order chi connectivity index (χ1) is 8.90. The highest BCUT2D eigenvalue weighted by Gasteiger charge is 2.31. The minimum absolute atomic E-state index is 0.0630. The molecule has 3 heteroatoms. The van der Waals surface area contributed by atoms with Gasteiger partial charge in [-0.15, -0.1) is 0 Å². The average Bonchev–Trinajstić information content (AvgIpc) is 2.31. The summed E-state index contributed by atoms with van der Waals surface area (Å²) in [7, 11) is 0. The monoisotopic (exact) mass is 261 g/mol. The number of ether oxygens (including phenoxy) is 1. The summed E-state index contributed by atoms with van der Waals surface area (Å²) >= 11 is 0. The minimum atomic E-state index is -0.0630. The van der Waals surface area contributed by atoms with E-state index in [1.807, 2.05) is 26.0 Å². The molecular weight excluding hydrogens is 238 g/mol. The summed E-state index contributed by atoms with van der Waals surface area (Å²) in [5, 5.41) is 0. The lowest BCUT2D eigenvalue weighted by molar-refractivity contribution is -0.0467. The van der Waals surface area contributed by atoms with Crippen LogP contribution in [0.5, 0.6) is 0 Å². The third kappa shape index (κ3) is 3.23. The van der Waals surface area contributed by atoms with Crippen LogP contribution in [-0.2, 0) is 4.74 Å². The van der Waals surface area contributed by atoms with Crippen molar-refractivity contribution >= 4 is 5.78 Å². The van der Waals surface area contributed by atoms with Crippen LogP contribution >= 0.6 is 0 Å². The van der Waals surface area contributed by atoms with Crippen molar-refractivity contribution in [1.82, 2.24) is 4.90 Å². The Hall–Kier alpha value is -1.19. The largest absolute Gasteiger partial charge is 0.378 e. The summed E-state index contributed by atoms with van der Waals surface area (Å²) in [5.74, 6) is 0.201. The molecule has 0 unspecified atom stereocenters. The minimum Gasteiger partial charge on any atom is -0.378 e. The molecule has 1 aliphatic heterocycles. The van der Waals surface area contributed by atoms with Crippen LogP contribution in [0.15, 0.2) is 18.2 Å². The molecule has 0 amide bonds. The number of ketones is 1. The second-order valence-corrected chi connectivity index (χ2v) is 6.03. The molecule has 1 fully saturated rings. The topological polar surface area (TPSA) is 29.5 Å². The fourth-order valence-corrected chi connectivity index (χ4v) is 2.57. The predicted octanol–water partition coefficient (Wildman–Crippen LogP) is 2.60. The van der Waals surface area contributed by atoms with Crippen LogP contribution in [0.4, 0.5) is 0 Å². The van der Waals surface area contributed by atoms with Crippen LogP contribution < -0.4 is 0 Å². The van der Waals surface area contributed by atoms with Gasteiger partial charge in [0.15, 0.2) is 5.78 Å². The van der Waals surface area contributed by atoms with E-state index in [0.29, 0.717) is 19.8 Å². The van der Waals surface area contributed by atoms with E-state index in [4.69, 9.17) is 4.74 Å². The molecule has 19 heavy (non-hydrogen) atoms. The maximum Gasteiger partial charge on any atom is 0.177 e. The van der Waals surface area contributed by atoms with Crippen molar-refractivity contribution < 1.29 is 9.53 Å². The molecule has 0 saturated carbocycles. The first kappa shape index (κ1) is 14.2. The highest BCUT2D eigenvalue weighted by atomic mass is 16.5. The lowest BCUT2D eigenvalue weighted by Crippen LogP contribution is -2.54. The van der Waals surface area contributed by atoms with Gasteiger partial charge < -0.3 is 4.74 Å². The van der Waals surface area contributed by atoms with Gasteiger partial charge in [0, 0.05) is 17.6 Å². The normalized spacial score (nSPS) is 19.4. The van der Waals surface area contributed by atoms with Gasteiger partial charge in [0.25, 0.3) is 0 Å². The third-order valence-electron chi connectivity index (χ3n) is 3.83. The van der Waals surface area contributed by atoms with E-state index in [9.17, 15) is 4.79 Å². The Morgan fingerprint density at radius 1 is 1.37 bits per heavy atom. The molecule has 104 valence electrons. The number of carbonyl (C=O) groups is 1. The summed E-state index contributed by atoms with van der Waals surface area (Å²) in [5.41, 5.74) is 3.04. The van der Waals surface area contributed by atoms with Crippen LogP contribution in [0.2, 0.25) is 0 Å². The number of carbonyl (C=O) groups excluding carboxylic acids is 1. The lowest BCUT2D eigenvalue weighted by atomic mass is 9.98. The zero-order valence-corrected chi connectivity index (χ0v) is 12.3. The van der Waals surface area contributed by atoms with Gasteiger partial charge in [0.1, 0.15) is 0 Å². The maximum atomic E-state index is 12.5. The van der Waals surface area contributed by atoms with Crippen LogP contribution in [-0.4, -0.2) is 42.5 Å². The fraction of sp³-hybridized carbons (Fsp3) is 0.562. The highest BCUT2D eigenvalue weighted by molar-refractivity contribution is 5.99. The molecule has 0 bridgehead atoms. The van der Waals surface area contributed by atoms with Crippen LogP contribution in [0.25, 0.3) is 0 Å².